The summed E-state index contributed by atoms with van der Waals surface area (Å²) in [6.45, 7) is 8.28. The molecule has 0 aliphatic carbocycles. The van der Waals surface area contributed by atoms with Crippen LogP contribution < -0.4 is 4.57 Å². The first kappa shape index (κ1) is 20.0. The number of ketones is 1. The van der Waals surface area contributed by atoms with Gasteiger partial charge < -0.3 is 0 Å². The first-order valence-corrected chi connectivity index (χ1v) is 8.87. The molecule has 0 spiro atoms. The highest BCUT2D eigenvalue weighted by Crippen LogP contribution is 2.18. The van der Waals surface area contributed by atoms with Gasteiger partial charge in [0.05, 0.1) is 6.04 Å². The number of aromatic nitrogens is 3. The molecule has 1 aromatic heterocycles. The summed E-state index contributed by atoms with van der Waals surface area (Å²) < 4.78 is 3.46. The summed E-state index contributed by atoms with van der Waals surface area (Å²) in [5.41, 5.74) is 0. The lowest BCUT2D eigenvalue weighted by Crippen LogP contribution is -2.28. The molecule has 0 amide bonds. The van der Waals surface area contributed by atoms with E-state index in [1.165, 1.54) is 6.42 Å². The van der Waals surface area contributed by atoms with Crippen molar-refractivity contribution >= 4 is 5.78 Å². The highest BCUT2D eigenvalue weighted by molar-refractivity contribution is 5.84. The number of terminal acetylenes is 1. The molecule has 0 radical (unpaired) electrons. The number of hydrogen-bond donors (Lipinski definition) is 0. The van der Waals surface area contributed by atoms with Crippen LogP contribution >= 0.6 is 0 Å². The normalized spacial score (nSPS) is 11.9. The van der Waals surface area contributed by atoms with Gasteiger partial charge in [-0.2, -0.15) is 4.57 Å². The number of rotatable bonds is 9. The molecule has 1 atom stereocenters. The Morgan fingerprint density at radius 1 is 1.21 bits per heavy atom. The third-order valence-corrected chi connectivity index (χ3v) is 3.86. The van der Waals surface area contributed by atoms with Crippen LogP contribution in [0.25, 0.3) is 0 Å². The first-order chi connectivity index (χ1) is 11.5. The Morgan fingerprint density at radius 3 is 2.54 bits per heavy atom. The number of nitrogens with zero attached hydrogens (tertiary/aromatic N) is 3. The minimum atomic E-state index is -0.262. The van der Waals surface area contributed by atoms with Crippen molar-refractivity contribution < 1.29 is 9.36 Å². The van der Waals surface area contributed by atoms with Gasteiger partial charge >= 0.3 is 0 Å². The number of Topliss-reactive ketones (excluding diaryl/α,β-unsaturated/α-hetero) is 1. The van der Waals surface area contributed by atoms with Gasteiger partial charge in [-0.05, 0) is 25.2 Å². The third kappa shape index (κ3) is 7.01. The molecule has 1 heterocycles. The van der Waals surface area contributed by atoms with Gasteiger partial charge in [0.15, 0.2) is 11.8 Å². The summed E-state index contributed by atoms with van der Waals surface area (Å²) in [5.74, 6) is 6.66. The molecule has 1 aromatic rings. The van der Waals surface area contributed by atoms with Crippen molar-refractivity contribution in [2.75, 3.05) is 0 Å². The summed E-state index contributed by atoms with van der Waals surface area (Å²) in [5, 5.41) is 4.33. The van der Waals surface area contributed by atoms with E-state index in [0.29, 0.717) is 18.8 Å². The average Bonchev–Trinajstić information content (AvgIpc) is 2.99. The summed E-state index contributed by atoms with van der Waals surface area (Å²) in [6.07, 6.45) is 14.2. The Labute approximate surface area is 146 Å². The zero-order valence-corrected chi connectivity index (χ0v) is 15.5. The van der Waals surface area contributed by atoms with E-state index < -0.39 is 0 Å². The molecule has 0 aliphatic rings. The van der Waals surface area contributed by atoms with Gasteiger partial charge in [0.2, 0.25) is 6.33 Å². The van der Waals surface area contributed by atoms with Crippen molar-refractivity contribution in [1.82, 2.24) is 9.78 Å². The van der Waals surface area contributed by atoms with E-state index in [1.807, 2.05) is 13.8 Å². The second kappa shape index (κ2) is 10.7. The standard InChI is InChI=1S/C20H30N3O/c1-6-7-9-13-19(20(24)18(4)5)23-16-22(15-21-23)14-11-8-10-12-17(2)3/h1,15-19H,7-10,12-13H2,2-5H3/q+1. The van der Waals surface area contributed by atoms with Crippen LogP contribution in [0.3, 0.4) is 0 Å². The van der Waals surface area contributed by atoms with Crippen LogP contribution in [-0.2, 0) is 4.79 Å². The molecule has 0 aromatic carbocycles. The van der Waals surface area contributed by atoms with Crippen LogP contribution in [0.2, 0.25) is 0 Å². The van der Waals surface area contributed by atoms with Gasteiger partial charge in [-0.25, -0.2) is 0 Å². The molecule has 0 aliphatic heterocycles. The largest absolute Gasteiger partial charge is 0.295 e. The predicted molar refractivity (Wildman–Crippen MR) is 95.9 cm³/mol. The Hall–Kier alpha value is -2.07. The molecular weight excluding hydrogens is 298 g/mol. The molecule has 0 N–H and O–H groups in total. The van der Waals surface area contributed by atoms with E-state index in [2.05, 4.69) is 36.8 Å². The van der Waals surface area contributed by atoms with Crippen LogP contribution in [0.5, 0.6) is 0 Å². The number of carbonyl (C=O) groups is 1. The van der Waals surface area contributed by atoms with E-state index in [4.69, 9.17) is 6.42 Å². The minimum absolute atomic E-state index is 0.0272. The third-order valence-electron chi connectivity index (χ3n) is 3.86. The monoisotopic (exact) mass is 328 g/mol. The summed E-state index contributed by atoms with van der Waals surface area (Å²) in [6, 6.07) is 2.81. The smallest absolute Gasteiger partial charge is 0.278 e. The summed E-state index contributed by atoms with van der Waals surface area (Å²) in [7, 11) is 0. The van der Waals surface area contributed by atoms with Crippen molar-refractivity contribution in [3.63, 3.8) is 0 Å². The molecule has 4 nitrogen and oxygen atoms in total. The van der Waals surface area contributed by atoms with Crippen LogP contribution in [0.15, 0.2) is 12.7 Å². The van der Waals surface area contributed by atoms with E-state index >= 15 is 0 Å². The second-order valence-electron chi connectivity index (χ2n) is 6.88. The Bertz CT molecular complexity index is 611. The Morgan fingerprint density at radius 2 is 1.92 bits per heavy atom. The molecular formula is C20H30N3O+. The quantitative estimate of drug-likeness (QED) is 0.396. The minimum Gasteiger partial charge on any atom is -0.295 e. The van der Waals surface area contributed by atoms with Crippen LogP contribution in [-0.4, -0.2) is 15.6 Å². The highest BCUT2D eigenvalue weighted by Gasteiger charge is 2.28. The van der Waals surface area contributed by atoms with Crippen molar-refractivity contribution in [2.24, 2.45) is 11.8 Å². The predicted octanol–water partition coefficient (Wildman–Crippen LogP) is 3.38. The maximum Gasteiger partial charge on any atom is 0.278 e. The number of carbonyl (C=O) groups excluding carboxylic acids is 1. The highest BCUT2D eigenvalue weighted by atomic mass is 16.1. The van der Waals surface area contributed by atoms with Gasteiger partial charge in [0.25, 0.3) is 6.33 Å². The van der Waals surface area contributed by atoms with E-state index in [0.717, 1.165) is 19.3 Å². The SMILES string of the molecule is C#CCCCC(C(=O)C(C)C)n1c[n+](C#CCCCC(C)C)cn1. The van der Waals surface area contributed by atoms with Gasteiger partial charge in [-0.1, -0.05) is 40.0 Å². The van der Waals surface area contributed by atoms with Crippen LogP contribution in [0.4, 0.5) is 0 Å². The van der Waals surface area contributed by atoms with Crippen LogP contribution in [0, 0.1) is 36.1 Å². The second-order valence-corrected chi connectivity index (χ2v) is 6.88. The lowest BCUT2D eigenvalue weighted by atomic mass is 9.97. The average molecular weight is 328 g/mol. The molecule has 1 rings (SSSR count). The Kier molecular flexibility index (Phi) is 8.87. The van der Waals surface area contributed by atoms with Gasteiger partial charge in [-0.15, -0.1) is 17.0 Å². The van der Waals surface area contributed by atoms with Crippen molar-refractivity contribution in [3.8, 4) is 24.3 Å². The molecule has 0 bridgehead atoms. The summed E-state index contributed by atoms with van der Waals surface area (Å²) in [4.78, 5) is 12.5. The van der Waals surface area contributed by atoms with Gasteiger partial charge in [-0.3, -0.25) is 4.79 Å². The molecule has 4 heteroatoms. The van der Waals surface area contributed by atoms with Crippen molar-refractivity contribution in [2.45, 2.75) is 72.3 Å². The lowest BCUT2D eigenvalue weighted by molar-refractivity contribution is -0.584. The van der Waals surface area contributed by atoms with E-state index in [9.17, 15) is 4.79 Å². The number of unbranched alkanes of at least 4 members (excludes halogenated alkanes) is 2. The molecule has 1 unspecified atom stereocenters. The van der Waals surface area contributed by atoms with Gasteiger partial charge in [0, 0.05) is 23.9 Å². The topological polar surface area (TPSA) is 38.8 Å². The summed E-state index contributed by atoms with van der Waals surface area (Å²) >= 11 is 0. The van der Waals surface area contributed by atoms with Crippen LogP contribution in [0.1, 0.15) is 72.3 Å². The molecule has 130 valence electrons. The zero-order chi connectivity index (χ0) is 17.9. The maximum absolute atomic E-state index is 12.5. The number of hydrogen-bond acceptors (Lipinski definition) is 2. The fourth-order valence-electron chi connectivity index (χ4n) is 2.45. The molecule has 24 heavy (non-hydrogen) atoms. The van der Waals surface area contributed by atoms with Crippen molar-refractivity contribution in [1.29, 1.82) is 0 Å². The van der Waals surface area contributed by atoms with E-state index in [-0.39, 0.29) is 17.7 Å². The first-order valence-electron chi connectivity index (χ1n) is 8.87. The van der Waals surface area contributed by atoms with Crippen molar-refractivity contribution in [3.05, 3.63) is 12.7 Å². The van der Waals surface area contributed by atoms with Gasteiger partial charge in [0.1, 0.15) is 0 Å². The fraction of sp³-hybridized carbons (Fsp3) is 0.650. The lowest BCUT2D eigenvalue weighted by Gasteiger charge is -2.12. The van der Waals surface area contributed by atoms with E-state index in [1.54, 1.807) is 21.9 Å². The maximum atomic E-state index is 12.5. The molecule has 0 saturated carbocycles. The molecule has 0 saturated heterocycles. The molecule has 0 fully saturated rings. The zero-order valence-electron chi connectivity index (χ0n) is 15.5. The fourth-order valence-corrected chi connectivity index (χ4v) is 2.45. The Balaban J connectivity index is 2.72.